The van der Waals surface area contributed by atoms with Crippen LogP contribution >= 0.6 is 0 Å². The molecular weight excluding hydrogens is 238 g/mol. The van der Waals surface area contributed by atoms with E-state index in [0.29, 0.717) is 18.8 Å². The molecule has 0 heterocycles. The Hall–Kier alpha value is -1.51. The van der Waals surface area contributed by atoms with Crippen LogP contribution in [0.25, 0.3) is 0 Å². The highest BCUT2D eigenvalue weighted by Gasteiger charge is 2.13. The van der Waals surface area contributed by atoms with Gasteiger partial charge in [-0.3, -0.25) is 0 Å². The number of hydrogen-bond donors (Lipinski definition) is 1. The van der Waals surface area contributed by atoms with E-state index in [1.807, 2.05) is 0 Å². The Balaban J connectivity index is 3.08. The Morgan fingerprint density at radius 2 is 1.88 bits per heavy atom. The predicted octanol–water partition coefficient (Wildman–Crippen LogP) is 1.35. The summed E-state index contributed by atoms with van der Waals surface area (Å²) in [6.45, 7) is 3.95. The van der Waals surface area contributed by atoms with E-state index in [1.54, 1.807) is 13.8 Å². The number of primary sulfonamides is 1. The molecule has 1 aromatic carbocycles. The molecule has 0 radical (unpaired) electrons. The van der Waals surface area contributed by atoms with Gasteiger partial charge in [-0.15, -0.1) is 12.3 Å². The fourth-order valence-electron chi connectivity index (χ4n) is 1.51. The van der Waals surface area contributed by atoms with Crippen molar-refractivity contribution in [3.63, 3.8) is 0 Å². The van der Waals surface area contributed by atoms with Crippen molar-refractivity contribution in [1.29, 1.82) is 0 Å². The summed E-state index contributed by atoms with van der Waals surface area (Å²) in [7, 11) is -3.68. The predicted molar refractivity (Wildman–Crippen MR) is 66.2 cm³/mol. The highest BCUT2D eigenvalue weighted by Crippen LogP contribution is 2.26. The van der Waals surface area contributed by atoms with Crippen molar-refractivity contribution in [3.8, 4) is 18.1 Å². The zero-order chi connectivity index (χ0) is 13.1. The van der Waals surface area contributed by atoms with E-state index in [1.165, 1.54) is 12.1 Å². The van der Waals surface area contributed by atoms with Crippen LogP contribution in [0, 0.1) is 26.2 Å². The minimum Gasteiger partial charge on any atom is -0.492 e. The molecular formula is C12H15NO3S. The fourth-order valence-corrected chi connectivity index (χ4v) is 2.20. The Kier molecular flexibility index (Phi) is 4.16. The van der Waals surface area contributed by atoms with Gasteiger partial charge in [-0.1, -0.05) is 0 Å². The lowest BCUT2D eigenvalue weighted by Crippen LogP contribution is -2.13. The van der Waals surface area contributed by atoms with Crippen LogP contribution in [0.2, 0.25) is 0 Å². The number of hydrogen-bond acceptors (Lipinski definition) is 3. The van der Waals surface area contributed by atoms with Crippen molar-refractivity contribution in [2.75, 3.05) is 6.61 Å². The molecule has 0 atom stereocenters. The third kappa shape index (κ3) is 3.48. The number of nitrogens with two attached hydrogens (primary N) is 1. The fraction of sp³-hybridized carbons (Fsp3) is 0.333. The molecule has 0 bridgehead atoms. The molecule has 0 aliphatic carbocycles. The monoisotopic (exact) mass is 253 g/mol. The lowest BCUT2D eigenvalue weighted by atomic mass is 10.1. The lowest BCUT2D eigenvalue weighted by Gasteiger charge is -2.12. The number of ether oxygens (including phenoxy) is 1. The summed E-state index contributed by atoms with van der Waals surface area (Å²) in [5.41, 5.74) is 1.46. The van der Waals surface area contributed by atoms with Crippen molar-refractivity contribution >= 4 is 10.0 Å². The molecule has 0 spiro atoms. The molecule has 2 N–H and O–H groups in total. The lowest BCUT2D eigenvalue weighted by molar-refractivity contribution is 0.322. The van der Waals surface area contributed by atoms with Crippen molar-refractivity contribution in [3.05, 3.63) is 23.3 Å². The number of benzene rings is 1. The minimum atomic E-state index is -3.68. The van der Waals surface area contributed by atoms with Gasteiger partial charge in [0.2, 0.25) is 10.0 Å². The Morgan fingerprint density at radius 3 is 2.29 bits per heavy atom. The number of sulfonamides is 1. The Labute approximate surface area is 102 Å². The molecule has 0 aliphatic heterocycles. The third-order valence-corrected chi connectivity index (χ3v) is 3.15. The van der Waals surface area contributed by atoms with Gasteiger partial charge in [0.25, 0.3) is 0 Å². The van der Waals surface area contributed by atoms with Gasteiger partial charge in [0.05, 0.1) is 11.5 Å². The van der Waals surface area contributed by atoms with Gasteiger partial charge in [-0.05, 0) is 37.1 Å². The SMILES string of the molecule is C#CCCOc1c(C)cc(S(N)(=O)=O)cc1C. The molecule has 0 saturated heterocycles. The van der Waals surface area contributed by atoms with Crippen LogP contribution in [0.3, 0.4) is 0 Å². The molecule has 0 fully saturated rings. The Bertz CT molecular complexity index is 533. The molecule has 0 aromatic heterocycles. The summed E-state index contributed by atoms with van der Waals surface area (Å²) >= 11 is 0. The molecule has 0 amide bonds. The van der Waals surface area contributed by atoms with E-state index in [0.717, 1.165) is 11.1 Å². The summed E-state index contributed by atoms with van der Waals surface area (Å²) in [6.07, 6.45) is 5.63. The summed E-state index contributed by atoms with van der Waals surface area (Å²) in [4.78, 5) is 0.0943. The van der Waals surface area contributed by atoms with E-state index in [2.05, 4.69) is 5.92 Å². The third-order valence-electron chi connectivity index (χ3n) is 2.26. The largest absolute Gasteiger partial charge is 0.492 e. The van der Waals surface area contributed by atoms with Crippen molar-refractivity contribution in [1.82, 2.24) is 0 Å². The maximum atomic E-state index is 11.2. The molecule has 1 aromatic rings. The number of rotatable bonds is 4. The smallest absolute Gasteiger partial charge is 0.238 e. The van der Waals surface area contributed by atoms with Gasteiger partial charge in [-0.25, -0.2) is 13.6 Å². The second-order valence-electron chi connectivity index (χ2n) is 3.73. The van der Waals surface area contributed by atoms with E-state index in [4.69, 9.17) is 16.3 Å². The molecule has 0 aliphatic rings. The van der Waals surface area contributed by atoms with Gasteiger partial charge in [-0.2, -0.15) is 0 Å². The standard InChI is InChI=1S/C12H15NO3S/c1-4-5-6-16-12-9(2)7-11(8-10(12)3)17(13,14)15/h1,7-8H,5-6H2,2-3H3,(H2,13,14,15). The van der Waals surface area contributed by atoms with Crippen LogP contribution in [0.1, 0.15) is 17.5 Å². The van der Waals surface area contributed by atoms with E-state index in [-0.39, 0.29) is 4.90 Å². The maximum absolute atomic E-state index is 11.2. The van der Waals surface area contributed by atoms with Crippen molar-refractivity contribution in [2.45, 2.75) is 25.2 Å². The van der Waals surface area contributed by atoms with Crippen LogP contribution in [0.5, 0.6) is 5.75 Å². The summed E-state index contributed by atoms with van der Waals surface area (Å²) < 4.78 is 27.9. The van der Waals surface area contributed by atoms with Gasteiger partial charge in [0.15, 0.2) is 0 Å². The van der Waals surface area contributed by atoms with Gasteiger partial charge < -0.3 is 4.74 Å². The average molecular weight is 253 g/mol. The molecule has 0 unspecified atom stereocenters. The van der Waals surface area contributed by atoms with Crippen LogP contribution < -0.4 is 9.88 Å². The topological polar surface area (TPSA) is 69.4 Å². The number of terminal acetylenes is 1. The number of aryl methyl sites for hydroxylation is 2. The first-order valence-corrected chi connectivity index (χ1v) is 6.61. The molecule has 4 nitrogen and oxygen atoms in total. The maximum Gasteiger partial charge on any atom is 0.238 e. The summed E-state index contributed by atoms with van der Waals surface area (Å²) in [5.74, 6) is 3.13. The Morgan fingerprint density at radius 1 is 1.35 bits per heavy atom. The first kappa shape index (κ1) is 13.6. The van der Waals surface area contributed by atoms with Gasteiger partial charge in [0.1, 0.15) is 5.75 Å². The average Bonchev–Trinajstić information content (AvgIpc) is 2.20. The van der Waals surface area contributed by atoms with Crippen molar-refractivity contribution < 1.29 is 13.2 Å². The van der Waals surface area contributed by atoms with Gasteiger partial charge >= 0.3 is 0 Å². The molecule has 17 heavy (non-hydrogen) atoms. The summed E-state index contributed by atoms with van der Waals surface area (Å²) in [6, 6.07) is 2.99. The molecule has 1 rings (SSSR count). The van der Waals surface area contributed by atoms with Crippen LogP contribution in [0.4, 0.5) is 0 Å². The zero-order valence-corrected chi connectivity index (χ0v) is 10.7. The van der Waals surface area contributed by atoms with Crippen molar-refractivity contribution in [2.24, 2.45) is 5.14 Å². The molecule has 0 saturated carbocycles. The minimum absolute atomic E-state index is 0.0943. The summed E-state index contributed by atoms with van der Waals surface area (Å²) in [5, 5.41) is 5.07. The highest BCUT2D eigenvalue weighted by molar-refractivity contribution is 7.89. The van der Waals surface area contributed by atoms with Gasteiger partial charge in [0, 0.05) is 6.42 Å². The van der Waals surface area contributed by atoms with Crippen LogP contribution in [-0.2, 0) is 10.0 Å². The second-order valence-corrected chi connectivity index (χ2v) is 5.30. The zero-order valence-electron chi connectivity index (χ0n) is 9.86. The van der Waals surface area contributed by atoms with E-state index >= 15 is 0 Å². The normalized spacial score (nSPS) is 10.9. The van der Waals surface area contributed by atoms with E-state index in [9.17, 15) is 8.42 Å². The quantitative estimate of drug-likeness (QED) is 0.650. The van der Waals surface area contributed by atoms with E-state index < -0.39 is 10.0 Å². The molecule has 5 heteroatoms. The van der Waals surface area contributed by atoms with Crippen LogP contribution in [-0.4, -0.2) is 15.0 Å². The van der Waals surface area contributed by atoms with Crippen LogP contribution in [0.15, 0.2) is 17.0 Å². The first-order valence-electron chi connectivity index (χ1n) is 5.06. The molecule has 92 valence electrons. The first-order chi connectivity index (χ1) is 7.86. The second kappa shape index (κ2) is 5.21. The highest BCUT2D eigenvalue weighted by atomic mass is 32.2.